The first-order chi connectivity index (χ1) is 15.5. The number of halogens is 1. The quantitative estimate of drug-likeness (QED) is 0.557. The van der Waals surface area contributed by atoms with Gasteiger partial charge in [0.2, 0.25) is 5.91 Å². The summed E-state index contributed by atoms with van der Waals surface area (Å²) in [6, 6.07) is 14.9. The van der Waals surface area contributed by atoms with Gasteiger partial charge in [-0.05, 0) is 36.4 Å². The molecule has 8 nitrogen and oxygen atoms in total. The van der Waals surface area contributed by atoms with Crippen LogP contribution in [0.15, 0.2) is 60.0 Å². The third kappa shape index (κ3) is 5.23. The van der Waals surface area contributed by atoms with E-state index in [0.29, 0.717) is 28.8 Å². The fourth-order valence-electron chi connectivity index (χ4n) is 3.46. The molecule has 0 bridgehead atoms. The molecule has 0 saturated carbocycles. The molecule has 0 radical (unpaired) electrons. The zero-order chi connectivity index (χ0) is 22.5. The molecule has 1 aliphatic rings. The standard InChI is InChI=1S/C22H23ClN6O2S/c1-27-15-24-26-22(27)32-14-20(30)25-16-6-8-17(9-7-16)28-10-12-29(13-11-28)21(31)18-4-2-3-5-19(18)23/h2-9,15H,10-14H2,1H3,(H,25,30). The van der Waals surface area contributed by atoms with Crippen LogP contribution in [0.3, 0.4) is 0 Å². The van der Waals surface area contributed by atoms with Gasteiger partial charge < -0.3 is 19.7 Å². The van der Waals surface area contributed by atoms with Crippen molar-refractivity contribution in [3.05, 3.63) is 65.4 Å². The lowest BCUT2D eigenvalue weighted by atomic mass is 10.1. The molecule has 3 aromatic rings. The Balaban J connectivity index is 1.27. The molecule has 2 heterocycles. The fraction of sp³-hybridized carbons (Fsp3) is 0.273. The Morgan fingerprint density at radius 3 is 2.44 bits per heavy atom. The van der Waals surface area contributed by atoms with E-state index in [1.165, 1.54) is 11.8 Å². The molecule has 1 N–H and O–H groups in total. The predicted molar refractivity (Wildman–Crippen MR) is 126 cm³/mol. The molecule has 166 valence electrons. The number of rotatable bonds is 6. The molecular weight excluding hydrogens is 448 g/mol. The maximum absolute atomic E-state index is 12.7. The van der Waals surface area contributed by atoms with Crippen molar-refractivity contribution < 1.29 is 9.59 Å². The average Bonchev–Trinajstić information content (AvgIpc) is 3.23. The van der Waals surface area contributed by atoms with E-state index in [4.69, 9.17) is 11.6 Å². The van der Waals surface area contributed by atoms with Crippen molar-refractivity contribution in [2.45, 2.75) is 5.16 Å². The highest BCUT2D eigenvalue weighted by atomic mass is 35.5. The lowest BCUT2D eigenvalue weighted by molar-refractivity contribution is -0.113. The van der Waals surface area contributed by atoms with E-state index in [1.54, 1.807) is 23.0 Å². The van der Waals surface area contributed by atoms with Gasteiger partial charge in [0, 0.05) is 44.6 Å². The van der Waals surface area contributed by atoms with Crippen molar-refractivity contribution in [3.8, 4) is 0 Å². The van der Waals surface area contributed by atoms with E-state index in [0.717, 1.165) is 24.5 Å². The van der Waals surface area contributed by atoms with Crippen LogP contribution in [0.2, 0.25) is 5.02 Å². The number of aromatic nitrogens is 3. The molecule has 0 atom stereocenters. The Labute approximate surface area is 195 Å². The van der Waals surface area contributed by atoms with E-state index in [9.17, 15) is 9.59 Å². The van der Waals surface area contributed by atoms with Gasteiger partial charge in [-0.1, -0.05) is 35.5 Å². The second-order valence-corrected chi connectivity index (χ2v) is 8.72. The third-order valence-corrected chi connectivity index (χ3v) is 6.55. The van der Waals surface area contributed by atoms with Crippen LogP contribution < -0.4 is 10.2 Å². The largest absolute Gasteiger partial charge is 0.368 e. The topological polar surface area (TPSA) is 83.4 Å². The summed E-state index contributed by atoms with van der Waals surface area (Å²) in [6.45, 7) is 2.72. The number of thioether (sulfide) groups is 1. The molecule has 10 heteroatoms. The molecule has 0 unspecified atom stereocenters. The molecule has 4 rings (SSSR count). The highest BCUT2D eigenvalue weighted by Gasteiger charge is 2.23. The lowest BCUT2D eigenvalue weighted by Gasteiger charge is -2.36. The van der Waals surface area contributed by atoms with E-state index >= 15 is 0 Å². The van der Waals surface area contributed by atoms with Crippen molar-refractivity contribution in [3.63, 3.8) is 0 Å². The molecule has 1 aromatic heterocycles. The van der Waals surface area contributed by atoms with Gasteiger partial charge in [-0.25, -0.2) is 0 Å². The number of carbonyl (C=O) groups excluding carboxylic acids is 2. The monoisotopic (exact) mass is 470 g/mol. The van der Waals surface area contributed by atoms with E-state index < -0.39 is 0 Å². The molecule has 0 spiro atoms. The zero-order valence-electron chi connectivity index (χ0n) is 17.6. The maximum atomic E-state index is 12.7. The van der Waals surface area contributed by atoms with Gasteiger partial charge in [-0.2, -0.15) is 0 Å². The van der Waals surface area contributed by atoms with Gasteiger partial charge in [-0.15, -0.1) is 10.2 Å². The number of amides is 2. The molecular formula is C22H23ClN6O2S. The molecule has 0 aliphatic carbocycles. The van der Waals surface area contributed by atoms with E-state index in [2.05, 4.69) is 20.4 Å². The van der Waals surface area contributed by atoms with Crippen molar-refractivity contribution in [2.24, 2.45) is 7.05 Å². The third-order valence-electron chi connectivity index (χ3n) is 5.19. The minimum absolute atomic E-state index is 0.0347. The number of nitrogens with one attached hydrogen (secondary N) is 1. The number of anilines is 2. The minimum atomic E-state index is -0.0996. The number of aryl methyl sites for hydroxylation is 1. The highest BCUT2D eigenvalue weighted by molar-refractivity contribution is 7.99. The SMILES string of the molecule is Cn1cnnc1SCC(=O)Nc1ccc(N2CCN(C(=O)c3ccccc3Cl)CC2)cc1. The highest BCUT2D eigenvalue weighted by Crippen LogP contribution is 2.22. The summed E-state index contributed by atoms with van der Waals surface area (Å²) >= 11 is 7.51. The molecule has 2 aromatic carbocycles. The van der Waals surface area contributed by atoms with Crippen LogP contribution >= 0.6 is 23.4 Å². The minimum Gasteiger partial charge on any atom is -0.368 e. The van der Waals surface area contributed by atoms with Crippen LogP contribution in [0.25, 0.3) is 0 Å². The number of carbonyl (C=O) groups is 2. The second kappa shape index (κ2) is 10.1. The average molecular weight is 471 g/mol. The summed E-state index contributed by atoms with van der Waals surface area (Å²) in [6.07, 6.45) is 1.60. The Kier molecular flexibility index (Phi) is 6.96. The van der Waals surface area contributed by atoms with Gasteiger partial charge in [0.05, 0.1) is 16.3 Å². The first-order valence-corrected chi connectivity index (χ1v) is 11.5. The van der Waals surface area contributed by atoms with Crippen molar-refractivity contribution in [2.75, 3.05) is 42.1 Å². The van der Waals surface area contributed by atoms with Crippen LogP contribution in [-0.4, -0.2) is 63.4 Å². The molecule has 32 heavy (non-hydrogen) atoms. The Morgan fingerprint density at radius 1 is 1.06 bits per heavy atom. The van der Waals surface area contributed by atoms with E-state index in [-0.39, 0.29) is 17.6 Å². The first-order valence-electron chi connectivity index (χ1n) is 10.2. The number of hydrogen-bond donors (Lipinski definition) is 1. The Hall–Kier alpha value is -3.04. The van der Waals surface area contributed by atoms with Crippen LogP contribution in [-0.2, 0) is 11.8 Å². The smallest absolute Gasteiger partial charge is 0.255 e. The lowest BCUT2D eigenvalue weighted by Crippen LogP contribution is -2.48. The predicted octanol–water partition coefficient (Wildman–Crippen LogP) is 3.16. The van der Waals surface area contributed by atoms with Gasteiger partial charge in [0.1, 0.15) is 6.33 Å². The summed E-state index contributed by atoms with van der Waals surface area (Å²) in [5, 5.41) is 11.8. The summed E-state index contributed by atoms with van der Waals surface area (Å²) in [5.41, 5.74) is 2.34. The number of benzene rings is 2. The van der Waals surface area contributed by atoms with Crippen molar-refractivity contribution >= 4 is 46.6 Å². The van der Waals surface area contributed by atoms with Gasteiger partial charge >= 0.3 is 0 Å². The Morgan fingerprint density at radius 2 is 1.78 bits per heavy atom. The summed E-state index contributed by atoms with van der Waals surface area (Å²) in [7, 11) is 1.84. The van der Waals surface area contributed by atoms with Crippen LogP contribution in [0.4, 0.5) is 11.4 Å². The second-order valence-electron chi connectivity index (χ2n) is 7.37. The molecule has 2 amide bonds. The zero-order valence-corrected chi connectivity index (χ0v) is 19.1. The maximum Gasteiger partial charge on any atom is 0.255 e. The fourth-order valence-corrected chi connectivity index (χ4v) is 4.36. The van der Waals surface area contributed by atoms with Crippen LogP contribution in [0.1, 0.15) is 10.4 Å². The number of hydrogen-bond acceptors (Lipinski definition) is 6. The van der Waals surface area contributed by atoms with E-state index in [1.807, 2.05) is 48.3 Å². The molecule has 1 saturated heterocycles. The Bertz CT molecular complexity index is 1100. The van der Waals surface area contributed by atoms with Gasteiger partial charge in [-0.3, -0.25) is 9.59 Å². The number of nitrogens with zero attached hydrogens (tertiary/aromatic N) is 5. The van der Waals surface area contributed by atoms with Gasteiger partial charge in [0.25, 0.3) is 5.91 Å². The molecule has 1 aliphatic heterocycles. The summed E-state index contributed by atoms with van der Waals surface area (Å²) < 4.78 is 1.77. The number of piperazine rings is 1. The first kappa shape index (κ1) is 22.2. The summed E-state index contributed by atoms with van der Waals surface area (Å²) in [5.74, 6) is 0.125. The summed E-state index contributed by atoms with van der Waals surface area (Å²) in [4.78, 5) is 29.0. The van der Waals surface area contributed by atoms with Crippen LogP contribution in [0.5, 0.6) is 0 Å². The van der Waals surface area contributed by atoms with Crippen molar-refractivity contribution in [1.29, 1.82) is 0 Å². The van der Waals surface area contributed by atoms with Gasteiger partial charge in [0.15, 0.2) is 5.16 Å². The normalized spacial score (nSPS) is 13.8. The van der Waals surface area contributed by atoms with Crippen LogP contribution in [0, 0.1) is 0 Å². The molecule has 1 fully saturated rings. The van der Waals surface area contributed by atoms with Crippen molar-refractivity contribution in [1.82, 2.24) is 19.7 Å².